The van der Waals surface area contributed by atoms with Crippen molar-refractivity contribution in [3.8, 4) is 44.5 Å². The first kappa shape index (κ1) is 33.9. The predicted molar refractivity (Wildman–Crippen MR) is 261 cm³/mol. The topological polar surface area (TPSA) is 0 Å². The van der Waals surface area contributed by atoms with Crippen LogP contribution in [-0.4, -0.2) is 0 Å². The molecule has 1 heterocycles. The molecule has 0 bridgehead atoms. The van der Waals surface area contributed by atoms with Gasteiger partial charge >= 0.3 is 0 Å². The Morgan fingerprint density at radius 3 is 1.62 bits per heavy atom. The SMILES string of the molecule is CC1(C)c2cc(-c3ccc4cc(-c5c6ccccc6c(-c6cccc7ccccc67)c6ccccc56)ccc4c3)ccc2-c2c1ccc1c2ccc2c3ccccc3sc12. The van der Waals surface area contributed by atoms with Gasteiger partial charge < -0.3 is 0 Å². The smallest absolute Gasteiger partial charge is 0.0434 e. The molecule has 0 fully saturated rings. The molecular formula is C59H38S. The summed E-state index contributed by atoms with van der Waals surface area (Å²) in [5, 5.41) is 15.6. The summed E-state index contributed by atoms with van der Waals surface area (Å²) in [5.74, 6) is 0. The maximum Gasteiger partial charge on any atom is 0.0434 e. The molecule has 0 aliphatic heterocycles. The average molecular weight is 779 g/mol. The molecule has 1 aliphatic rings. The van der Waals surface area contributed by atoms with E-state index in [9.17, 15) is 0 Å². The lowest BCUT2D eigenvalue weighted by molar-refractivity contribution is 0.661. The standard InChI is InChI=1S/C59H38S/c1-59(2)52-31-30-50-48(28-29-49-42-15-9-10-21-54(42)60-58(49)50)57(52)51-27-26-39(34-53(51)59)37-22-23-38-33-40(25-24-36(38)32-37)55-44-16-5-7-18-46(44)56(47-19-8-6-17-45(47)55)43-20-11-13-35-12-3-4-14-41(35)43/h3-34H,1-2H3. The molecule has 60 heavy (non-hydrogen) atoms. The van der Waals surface area contributed by atoms with Crippen LogP contribution in [0.1, 0.15) is 25.0 Å². The van der Waals surface area contributed by atoms with Crippen molar-refractivity contribution in [2.24, 2.45) is 0 Å². The van der Waals surface area contributed by atoms with Gasteiger partial charge in [-0.15, -0.1) is 11.3 Å². The first-order chi connectivity index (χ1) is 29.5. The van der Waals surface area contributed by atoms with E-state index in [-0.39, 0.29) is 5.41 Å². The van der Waals surface area contributed by atoms with E-state index in [0.29, 0.717) is 0 Å². The van der Waals surface area contributed by atoms with Crippen molar-refractivity contribution in [1.82, 2.24) is 0 Å². The van der Waals surface area contributed by atoms with Gasteiger partial charge in [0.1, 0.15) is 0 Å². The minimum absolute atomic E-state index is 0.107. The fraction of sp³-hybridized carbons (Fsp3) is 0.0508. The van der Waals surface area contributed by atoms with Crippen LogP contribution < -0.4 is 0 Å². The molecule has 0 N–H and O–H groups in total. The Kier molecular flexibility index (Phi) is 7.04. The lowest BCUT2D eigenvalue weighted by Gasteiger charge is -2.22. The third-order valence-corrected chi connectivity index (χ3v) is 14.8. The minimum atomic E-state index is -0.107. The monoisotopic (exact) mass is 778 g/mol. The molecule has 0 nitrogen and oxygen atoms in total. The van der Waals surface area contributed by atoms with Crippen LogP contribution >= 0.6 is 11.3 Å². The normalized spacial score (nSPS) is 13.3. The van der Waals surface area contributed by atoms with E-state index in [1.807, 2.05) is 11.3 Å². The third kappa shape index (κ3) is 4.73. The molecule has 11 aromatic carbocycles. The number of thiophene rings is 1. The lowest BCUT2D eigenvalue weighted by Crippen LogP contribution is -2.15. The van der Waals surface area contributed by atoms with Crippen molar-refractivity contribution in [3.63, 3.8) is 0 Å². The number of benzene rings is 11. The zero-order chi connectivity index (χ0) is 39.7. The molecule has 1 heteroatoms. The highest BCUT2D eigenvalue weighted by atomic mass is 32.1. The number of rotatable bonds is 3. The summed E-state index contributed by atoms with van der Waals surface area (Å²) in [6, 6.07) is 73.0. The van der Waals surface area contributed by atoms with Crippen LogP contribution in [0.4, 0.5) is 0 Å². The maximum absolute atomic E-state index is 2.46. The fourth-order valence-corrected chi connectivity index (χ4v) is 12.0. The molecule has 0 unspecified atom stereocenters. The minimum Gasteiger partial charge on any atom is -0.135 e. The highest BCUT2D eigenvalue weighted by molar-refractivity contribution is 7.26. The Labute approximate surface area is 352 Å². The average Bonchev–Trinajstić information content (AvgIpc) is 3.79. The van der Waals surface area contributed by atoms with Crippen LogP contribution in [0, 0.1) is 0 Å². The molecule has 1 aromatic heterocycles. The van der Waals surface area contributed by atoms with Gasteiger partial charge in [0, 0.05) is 31.0 Å². The van der Waals surface area contributed by atoms with Gasteiger partial charge in [-0.3, -0.25) is 0 Å². The zero-order valence-corrected chi connectivity index (χ0v) is 34.2. The second kappa shape index (κ2) is 12.5. The van der Waals surface area contributed by atoms with Crippen LogP contribution in [0.2, 0.25) is 0 Å². The van der Waals surface area contributed by atoms with Gasteiger partial charge in [-0.2, -0.15) is 0 Å². The van der Waals surface area contributed by atoms with Crippen molar-refractivity contribution in [1.29, 1.82) is 0 Å². The largest absolute Gasteiger partial charge is 0.135 e. The van der Waals surface area contributed by atoms with Gasteiger partial charge in [-0.05, 0) is 128 Å². The molecule has 0 amide bonds. The second-order valence-corrected chi connectivity index (χ2v) is 18.2. The first-order valence-electron chi connectivity index (χ1n) is 21.0. The Morgan fingerprint density at radius 1 is 0.317 bits per heavy atom. The molecule has 1 aliphatic carbocycles. The van der Waals surface area contributed by atoms with E-state index in [4.69, 9.17) is 0 Å². The Balaban J connectivity index is 0.924. The van der Waals surface area contributed by atoms with Crippen LogP contribution in [-0.2, 0) is 5.41 Å². The quantitative estimate of drug-likeness (QED) is 0.157. The predicted octanol–water partition coefficient (Wildman–Crippen LogP) is 17.1. The first-order valence-corrected chi connectivity index (χ1v) is 21.8. The number of hydrogen-bond donors (Lipinski definition) is 0. The Hall–Kier alpha value is -7.06. The number of hydrogen-bond acceptors (Lipinski definition) is 1. The third-order valence-electron chi connectivity index (χ3n) is 13.6. The fourth-order valence-electron chi connectivity index (χ4n) is 10.8. The van der Waals surface area contributed by atoms with Crippen LogP contribution in [0.5, 0.6) is 0 Å². The molecular weight excluding hydrogens is 741 g/mol. The second-order valence-electron chi connectivity index (χ2n) is 17.2. The van der Waals surface area contributed by atoms with Gasteiger partial charge in [-0.1, -0.05) is 184 Å². The molecule has 13 rings (SSSR count). The van der Waals surface area contributed by atoms with E-state index < -0.39 is 0 Å². The summed E-state index contributed by atoms with van der Waals surface area (Å²) in [6.07, 6.45) is 0. The summed E-state index contributed by atoms with van der Waals surface area (Å²) < 4.78 is 2.74. The summed E-state index contributed by atoms with van der Waals surface area (Å²) in [5.41, 5.74) is 13.1. The summed E-state index contributed by atoms with van der Waals surface area (Å²) >= 11 is 1.92. The zero-order valence-electron chi connectivity index (χ0n) is 33.4. The lowest BCUT2D eigenvalue weighted by atomic mass is 9.81. The molecule has 280 valence electrons. The van der Waals surface area contributed by atoms with Gasteiger partial charge in [0.25, 0.3) is 0 Å². The van der Waals surface area contributed by atoms with Crippen molar-refractivity contribution >= 4 is 85.4 Å². The Bertz CT molecular complexity index is 3740. The number of fused-ring (bicyclic) bond motifs is 13. The van der Waals surface area contributed by atoms with Gasteiger partial charge in [0.05, 0.1) is 0 Å². The highest BCUT2D eigenvalue weighted by Gasteiger charge is 2.37. The van der Waals surface area contributed by atoms with E-state index in [1.165, 1.54) is 130 Å². The van der Waals surface area contributed by atoms with Crippen LogP contribution in [0.25, 0.3) is 119 Å². The van der Waals surface area contributed by atoms with Crippen LogP contribution in [0.3, 0.4) is 0 Å². The van der Waals surface area contributed by atoms with Crippen molar-refractivity contribution in [3.05, 3.63) is 205 Å². The molecule has 0 radical (unpaired) electrons. The highest BCUT2D eigenvalue weighted by Crippen LogP contribution is 2.54. The van der Waals surface area contributed by atoms with Gasteiger partial charge in [-0.25, -0.2) is 0 Å². The van der Waals surface area contributed by atoms with E-state index in [2.05, 4.69) is 208 Å². The van der Waals surface area contributed by atoms with Crippen LogP contribution in [0.15, 0.2) is 194 Å². The molecule has 0 saturated carbocycles. The molecule has 12 aromatic rings. The van der Waals surface area contributed by atoms with Gasteiger partial charge in [0.2, 0.25) is 0 Å². The van der Waals surface area contributed by atoms with E-state index in [1.54, 1.807) is 0 Å². The summed E-state index contributed by atoms with van der Waals surface area (Å²) in [4.78, 5) is 0. The van der Waals surface area contributed by atoms with E-state index in [0.717, 1.165) is 0 Å². The maximum atomic E-state index is 2.46. The van der Waals surface area contributed by atoms with Gasteiger partial charge in [0.15, 0.2) is 0 Å². The summed E-state index contributed by atoms with van der Waals surface area (Å²) in [7, 11) is 0. The van der Waals surface area contributed by atoms with Crippen molar-refractivity contribution in [2.45, 2.75) is 19.3 Å². The van der Waals surface area contributed by atoms with Crippen molar-refractivity contribution in [2.75, 3.05) is 0 Å². The molecule has 0 saturated heterocycles. The molecule has 0 atom stereocenters. The molecule has 0 spiro atoms. The Morgan fingerprint density at radius 2 is 0.850 bits per heavy atom. The summed E-state index contributed by atoms with van der Waals surface area (Å²) in [6.45, 7) is 4.80. The van der Waals surface area contributed by atoms with E-state index >= 15 is 0 Å². The van der Waals surface area contributed by atoms with Crippen molar-refractivity contribution < 1.29 is 0 Å².